The van der Waals surface area contributed by atoms with Gasteiger partial charge in [0.1, 0.15) is 0 Å². The van der Waals surface area contributed by atoms with Gasteiger partial charge in [0.15, 0.2) is 0 Å². The summed E-state index contributed by atoms with van der Waals surface area (Å²) in [5.41, 5.74) is 4.81. The Morgan fingerprint density at radius 2 is 2.50 bits per heavy atom. The highest BCUT2D eigenvalue weighted by Gasteiger charge is 2.33. The number of carbonyl (C=O) groups excluding carboxylic acids is 1. The molecule has 0 fully saturated rings. The minimum absolute atomic E-state index is 0.266. The van der Waals surface area contributed by atoms with Crippen molar-refractivity contribution < 1.29 is 4.79 Å². The SMILES string of the molecule is CCCC1(C(N)=O)C=CC=NC1. The number of rotatable bonds is 3. The van der Waals surface area contributed by atoms with Crippen LogP contribution in [0.3, 0.4) is 0 Å². The molecular weight excluding hydrogens is 152 g/mol. The summed E-state index contributed by atoms with van der Waals surface area (Å²) < 4.78 is 0. The van der Waals surface area contributed by atoms with Gasteiger partial charge in [-0.05, 0) is 12.5 Å². The van der Waals surface area contributed by atoms with Crippen LogP contribution in [0.2, 0.25) is 0 Å². The van der Waals surface area contributed by atoms with Gasteiger partial charge >= 0.3 is 0 Å². The van der Waals surface area contributed by atoms with Crippen LogP contribution < -0.4 is 5.73 Å². The maximum absolute atomic E-state index is 11.2. The number of nitrogens with zero attached hydrogens (tertiary/aromatic N) is 1. The number of dihydropyridines is 1. The van der Waals surface area contributed by atoms with Crippen molar-refractivity contribution >= 4 is 12.1 Å². The molecule has 1 unspecified atom stereocenters. The van der Waals surface area contributed by atoms with Gasteiger partial charge in [-0.1, -0.05) is 19.4 Å². The first kappa shape index (κ1) is 8.97. The van der Waals surface area contributed by atoms with Crippen LogP contribution in [0.4, 0.5) is 0 Å². The lowest BCUT2D eigenvalue weighted by Crippen LogP contribution is -2.39. The van der Waals surface area contributed by atoms with Crippen molar-refractivity contribution in [2.75, 3.05) is 6.54 Å². The molecule has 1 aliphatic heterocycles. The van der Waals surface area contributed by atoms with E-state index in [4.69, 9.17) is 5.73 Å². The summed E-state index contributed by atoms with van der Waals surface area (Å²) in [6, 6.07) is 0. The molecule has 0 radical (unpaired) electrons. The molecule has 3 nitrogen and oxygen atoms in total. The first-order chi connectivity index (χ1) is 5.71. The summed E-state index contributed by atoms with van der Waals surface area (Å²) in [6.07, 6.45) is 7.10. The van der Waals surface area contributed by atoms with Crippen LogP contribution >= 0.6 is 0 Å². The molecule has 0 saturated carbocycles. The first-order valence-corrected chi connectivity index (χ1v) is 4.19. The number of hydrogen-bond donors (Lipinski definition) is 1. The number of nitrogens with two attached hydrogens (primary N) is 1. The van der Waals surface area contributed by atoms with Crippen LogP contribution in [0, 0.1) is 5.41 Å². The average Bonchev–Trinajstić information content (AvgIpc) is 2.06. The maximum Gasteiger partial charge on any atom is 0.229 e. The molecule has 0 aromatic carbocycles. The number of primary amides is 1. The lowest BCUT2D eigenvalue weighted by atomic mass is 9.81. The molecule has 3 heteroatoms. The molecule has 66 valence electrons. The van der Waals surface area contributed by atoms with Gasteiger partial charge in [0.05, 0.1) is 12.0 Å². The third-order valence-corrected chi connectivity index (χ3v) is 2.17. The molecule has 0 aliphatic carbocycles. The average molecular weight is 166 g/mol. The third-order valence-electron chi connectivity index (χ3n) is 2.17. The Balaban J connectivity index is 2.80. The van der Waals surface area contributed by atoms with Crippen molar-refractivity contribution in [3.63, 3.8) is 0 Å². The van der Waals surface area contributed by atoms with Crippen molar-refractivity contribution in [3.8, 4) is 0 Å². The monoisotopic (exact) mass is 166 g/mol. The zero-order valence-electron chi connectivity index (χ0n) is 7.29. The minimum Gasteiger partial charge on any atom is -0.369 e. The van der Waals surface area contributed by atoms with Gasteiger partial charge in [0.25, 0.3) is 0 Å². The normalized spacial score (nSPS) is 27.4. The summed E-state index contributed by atoms with van der Waals surface area (Å²) in [7, 11) is 0. The Kier molecular flexibility index (Phi) is 2.63. The van der Waals surface area contributed by atoms with Gasteiger partial charge in [-0.3, -0.25) is 9.79 Å². The van der Waals surface area contributed by atoms with E-state index in [0.717, 1.165) is 12.8 Å². The molecule has 1 aliphatic rings. The van der Waals surface area contributed by atoms with Crippen molar-refractivity contribution in [2.24, 2.45) is 16.1 Å². The van der Waals surface area contributed by atoms with Gasteiger partial charge in [-0.15, -0.1) is 0 Å². The summed E-state index contributed by atoms with van der Waals surface area (Å²) in [4.78, 5) is 15.2. The fraction of sp³-hybridized carbons (Fsp3) is 0.556. The van der Waals surface area contributed by atoms with E-state index in [1.807, 2.05) is 13.0 Å². The second-order valence-corrected chi connectivity index (χ2v) is 3.12. The van der Waals surface area contributed by atoms with E-state index >= 15 is 0 Å². The van der Waals surface area contributed by atoms with Crippen molar-refractivity contribution in [3.05, 3.63) is 12.2 Å². The Labute approximate surface area is 72.4 Å². The molecule has 0 aromatic heterocycles. The van der Waals surface area contributed by atoms with Crippen LogP contribution in [0.1, 0.15) is 19.8 Å². The molecule has 12 heavy (non-hydrogen) atoms. The second-order valence-electron chi connectivity index (χ2n) is 3.12. The fourth-order valence-corrected chi connectivity index (χ4v) is 1.45. The van der Waals surface area contributed by atoms with Gasteiger partial charge < -0.3 is 5.73 Å². The second kappa shape index (κ2) is 3.52. The molecule has 0 aromatic rings. The summed E-state index contributed by atoms with van der Waals surface area (Å²) in [5, 5.41) is 0. The summed E-state index contributed by atoms with van der Waals surface area (Å²) in [6.45, 7) is 2.55. The Morgan fingerprint density at radius 1 is 1.75 bits per heavy atom. The molecule has 1 heterocycles. The minimum atomic E-state index is -0.510. The Hall–Kier alpha value is -1.12. The predicted molar refractivity (Wildman–Crippen MR) is 49.0 cm³/mol. The van der Waals surface area contributed by atoms with Crippen LogP contribution in [-0.4, -0.2) is 18.7 Å². The molecular formula is C9H14N2O. The maximum atomic E-state index is 11.2. The smallest absolute Gasteiger partial charge is 0.229 e. The van der Waals surface area contributed by atoms with E-state index < -0.39 is 5.41 Å². The number of hydrogen-bond acceptors (Lipinski definition) is 2. The highest BCUT2D eigenvalue weighted by Crippen LogP contribution is 2.27. The molecule has 0 bridgehead atoms. The standard InChI is InChI=1S/C9H14N2O/c1-2-4-9(8(10)12)5-3-6-11-7-9/h3,5-6H,2,4,7H2,1H3,(H2,10,12). The van der Waals surface area contributed by atoms with E-state index in [2.05, 4.69) is 4.99 Å². The van der Waals surface area contributed by atoms with Crippen LogP contribution in [0.25, 0.3) is 0 Å². The quantitative estimate of drug-likeness (QED) is 0.665. The van der Waals surface area contributed by atoms with E-state index in [9.17, 15) is 4.79 Å². The van der Waals surface area contributed by atoms with Crippen molar-refractivity contribution in [1.29, 1.82) is 0 Å². The Bertz CT molecular complexity index is 233. The highest BCUT2D eigenvalue weighted by molar-refractivity contribution is 5.86. The largest absolute Gasteiger partial charge is 0.369 e. The highest BCUT2D eigenvalue weighted by atomic mass is 16.1. The van der Waals surface area contributed by atoms with E-state index in [1.165, 1.54) is 0 Å². The molecule has 0 saturated heterocycles. The van der Waals surface area contributed by atoms with Gasteiger partial charge in [-0.25, -0.2) is 0 Å². The first-order valence-electron chi connectivity index (χ1n) is 4.19. The number of amides is 1. The number of allylic oxidation sites excluding steroid dienone is 1. The molecule has 2 N–H and O–H groups in total. The molecule has 1 amide bonds. The topological polar surface area (TPSA) is 55.5 Å². The zero-order valence-corrected chi connectivity index (χ0v) is 7.29. The van der Waals surface area contributed by atoms with E-state index in [0.29, 0.717) is 6.54 Å². The fourth-order valence-electron chi connectivity index (χ4n) is 1.45. The van der Waals surface area contributed by atoms with Gasteiger partial charge in [0.2, 0.25) is 5.91 Å². The zero-order chi connectivity index (χ0) is 9.03. The number of carbonyl (C=O) groups is 1. The van der Waals surface area contributed by atoms with Crippen molar-refractivity contribution in [2.45, 2.75) is 19.8 Å². The lowest BCUT2D eigenvalue weighted by Gasteiger charge is -2.26. The number of aliphatic imine (C=N–C) groups is 1. The summed E-state index contributed by atoms with van der Waals surface area (Å²) in [5.74, 6) is -0.266. The van der Waals surface area contributed by atoms with Gasteiger partial charge in [0, 0.05) is 6.21 Å². The van der Waals surface area contributed by atoms with Crippen LogP contribution in [0.15, 0.2) is 17.1 Å². The van der Waals surface area contributed by atoms with Crippen LogP contribution in [0.5, 0.6) is 0 Å². The summed E-state index contributed by atoms with van der Waals surface area (Å²) >= 11 is 0. The molecule has 1 atom stereocenters. The molecule has 0 spiro atoms. The van der Waals surface area contributed by atoms with E-state index in [1.54, 1.807) is 12.3 Å². The third kappa shape index (κ3) is 1.55. The van der Waals surface area contributed by atoms with E-state index in [-0.39, 0.29) is 5.91 Å². The predicted octanol–water partition coefficient (Wildman–Crippen LogP) is 0.899. The van der Waals surface area contributed by atoms with Crippen molar-refractivity contribution in [1.82, 2.24) is 0 Å². The van der Waals surface area contributed by atoms with Crippen LogP contribution in [-0.2, 0) is 4.79 Å². The Morgan fingerprint density at radius 3 is 2.92 bits per heavy atom. The lowest BCUT2D eigenvalue weighted by molar-refractivity contribution is -0.125. The van der Waals surface area contributed by atoms with Gasteiger partial charge in [-0.2, -0.15) is 0 Å². The molecule has 1 rings (SSSR count).